The first kappa shape index (κ1) is 13.3. The average molecular weight is 260 g/mol. The van der Waals surface area contributed by atoms with Gasteiger partial charge in [-0.25, -0.2) is 13.1 Å². The molecule has 1 saturated carbocycles. The van der Waals surface area contributed by atoms with Gasteiger partial charge in [0.1, 0.15) is 0 Å². The molecular formula is C12H24N2O2S. The molecule has 0 aromatic heterocycles. The number of rotatable bonds is 3. The van der Waals surface area contributed by atoms with Gasteiger partial charge in [-0.15, -0.1) is 0 Å². The van der Waals surface area contributed by atoms with E-state index in [1.54, 1.807) is 0 Å². The number of hydrogen-bond acceptors (Lipinski definition) is 3. The standard InChI is InChI=1S/C12H24N2O2S/c1-10-4-6-11(7-5-10)14-17(15,16)12-3-2-8-13-9-12/h10-14H,2-9H2,1H3. The third-order valence-corrected chi connectivity index (χ3v) is 5.98. The topological polar surface area (TPSA) is 58.2 Å². The molecule has 1 saturated heterocycles. The van der Waals surface area contributed by atoms with Crippen molar-refractivity contribution in [3.05, 3.63) is 0 Å². The first-order valence-electron chi connectivity index (χ1n) is 6.80. The minimum absolute atomic E-state index is 0.179. The van der Waals surface area contributed by atoms with Crippen molar-refractivity contribution in [2.75, 3.05) is 13.1 Å². The molecule has 100 valence electrons. The highest BCUT2D eigenvalue weighted by atomic mass is 32.2. The van der Waals surface area contributed by atoms with Gasteiger partial charge >= 0.3 is 0 Å². The molecule has 0 spiro atoms. The van der Waals surface area contributed by atoms with Crippen molar-refractivity contribution >= 4 is 10.0 Å². The van der Waals surface area contributed by atoms with E-state index in [0.717, 1.165) is 51.0 Å². The molecule has 2 aliphatic rings. The Morgan fingerprint density at radius 3 is 2.41 bits per heavy atom. The second-order valence-electron chi connectivity index (χ2n) is 5.59. The van der Waals surface area contributed by atoms with E-state index in [9.17, 15) is 8.42 Å². The number of nitrogens with one attached hydrogen (secondary N) is 2. The molecule has 0 bridgehead atoms. The van der Waals surface area contributed by atoms with Gasteiger partial charge in [0, 0.05) is 12.6 Å². The van der Waals surface area contributed by atoms with E-state index in [0.29, 0.717) is 6.54 Å². The smallest absolute Gasteiger partial charge is 0.215 e. The van der Waals surface area contributed by atoms with Gasteiger partial charge in [0.25, 0.3) is 0 Å². The summed E-state index contributed by atoms with van der Waals surface area (Å²) in [6.07, 6.45) is 6.06. The van der Waals surface area contributed by atoms with Crippen molar-refractivity contribution in [1.82, 2.24) is 10.0 Å². The van der Waals surface area contributed by atoms with Gasteiger partial charge in [-0.05, 0) is 51.0 Å². The first-order valence-corrected chi connectivity index (χ1v) is 8.34. The van der Waals surface area contributed by atoms with Crippen LogP contribution in [0.2, 0.25) is 0 Å². The Labute approximate surface area is 105 Å². The molecule has 5 heteroatoms. The van der Waals surface area contributed by atoms with Crippen molar-refractivity contribution in [1.29, 1.82) is 0 Å². The Kier molecular flexibility index (Phi) is 4.44. The fourth-order valence-corrected chi connectivity index (χ4v) is 4.50. The van der Waals surface area contributed by atoms with Crippen molar-refractivity contribution in [3.8, 4) is 0 Å². The van der Waals surface area contributed by atoms with E-state index in [2.05, 4.69) is 17.0 Å². The van der Waals surface area contributed by atoms with Crippen LogP contribution in [0.3, 0.4) is 0 Å². The van der Waals surface area contributed by atoms with Crippen LogP contribution in [-0.4, -0.2) is 32.8 Å². The van der Waals surface area contributed by atoms with Crippen molar-refractivity contribution in [2.45, 2.75) is 56.7 Å². The average Bonchev–Trinajstić information content (AvgIpc) is 2.33. The largest absolute Gasteiger partial charge is 0.315 e. The lowest BCUT2D eigenvalue weighted by atomic mass is 9.88. The van der Waals surface area contributed by atoms with Crippen LogP contribution in [0.25, 0.3) is 0 Å². The fraction of sp³-hybridized carbons (Fsp3) is 1.00. The highest BCUT2D eigenvalue weighted by Crippen LogP contribution is 2.24. The zero-order valence-corrected chi connectivity index (χ0v) is 11.4. The molecule has 0 radical (unpaired) electrons. The number of piperidine rings is 1. The van der Waals surface area contributed by atoms with Gasteiger partial charge < -0.3 is 5.32 Å². The Balaban J connectivity index is 1.88. The number of sulfonamides is 1. The molecule has 2 fully saturated rings. The highest BCUT2D eigenvalue weighted by molar-refractivity contribution is 7.90. The van der Waals surface area contributed by atoms with E-state index in [4.69, 9.17) is 0 Å². The third kappa shape index (κ3) is 3.66. The quantitative estimate of drug-likeness (QED) is 0.802. The van der Waals surface area contributed by atoms with Crippen LogP contribution in [-0.2, 0) is 10.0 Å². The zero-order valence-electron chi connectivity index (χ0n) is 10.6. The summed E-state index contributed by atoms with van der Waals surface area (Å²) < 4.78 is 27.3. The van der Waals surface area contributed by atoms with Crippen LogP contribution < -0.4 is 10.0 Å². The summed E-state index contributed by atoms with van der Waals surface area (Å²) >= 11 is 0. The van der Waals surface area contributed by atoms with Crippen LogP contribution in [0.5, 0.6) is 0 Å². The highest BCUT2D eigenvalue weighted by Gasteiger charge is 2.30. The second-order valence-corrected chi connectivity index (χ2v) is 7.58. The molecule has 1 atom stereocenters. The lowest BCUT2D eigenvalue weighted by Crippen LogP contribution is -2.48. The molecular weight excluding hydrogens is 236 g/mol. The van der Waals surface area contributed by atoms with E-state index < -0.39 is 10.0 Å². The van der Waals surface area contributed by atoms with E-state index >= 15 is 0 Å². The minimum atomic E-state index is -3.11. The molecule has 17 heavy (non-hydrogen) atoms. The SMILES string of the molecule is CC1CCC(NS(=O)(=O)C2CCCNC2)CC1. The van der Waals surface area contributed by atoms with Crippen molar-refractivity contribution in [3.63, 3.8) is 0 Å². The molecule has 2 rings (SSSR count). The van der Waals surface area contributed by atoms with Crippen molar-refractivity contribution < 1.29 is 8.42 Å². The first-order chi connectivity index (χ1) is 8.08. The predicted molar refractivity (Wildman–Crippen MR) is 69.4 cm³/mol. The zero-order chi connectivity index (χ0) is 12.3. The molecule has 1 heterocycles. The fourth-order valence-electron chi connectivity index (χ4n) is 2.79. The van der Waals surface area contributed by atoms with E-state index in [-0.39, 0.29) is 11.3 Å². The number of hydrogen-bond donors (Lipinski definition) is 2. The van der Waals surface area contributed by atoms with Gasteiger partial charge in [-0.3, -0.25) is 0 Å². The molecule has 0 aromatic rings. The second kappa shape index (κ2) is 5.67. The van der Waals surface area contributed by atoms with Crippen LogP contribution in [0.4, 0.5) is 0 Å². The van der Waals surface area contributed by atoms with E-state index in [1.807, 2.05) is 0 Å². The van der Waals surface area contributed by atoms with Crippen LogP contribution in [0.15, 0.2) is 0 Å². The Bertz CT molecular complexity index is 328. The van der Waals surface area contributed by atoms with Crippen LogP contribution in [0.1, 0.15) is 45.4 Å². The Morgan fingerprint density at radius 1 is 1.12 bits per heavy atom. The maximum atomic E-state index is 12.2. The van der Waals surface area contributed by atoms with Crippen molar-refractivity contribution in [2.24, 2.45) is 5.92 Å². The molecule has 1 unspecified atom stereocenters. The summed E-state index contributed by atoms with van der Waals surface area (Å²) in [6.45, 7) is 3.81. The summed E-state index contributed by atoms with van der Waals surface area (Å²) in [4.78, 5) is 0. The minimum Gasteiger partial charge on any atom is -0.315 e. The lowest BCUT2D eigenvalue weighted by Gasteiger charge is -2.30. The third-order valence-electron chi connectivity index (χ3n) is 4.04. The van der Waals surface area contributed by atoms with Crippen LogP contribution in [0, 0.1) is 5.92 Å². The van der Waals surface area contributed by atoms with Gasteiger partial charge in [-0.1, -0.05) is 6.92 Å². The van der Waals surface area contributed by atoms with Gasteiger partial charge in [0.2, 0.25) is 10.0 Å². The molecule has 1 aliphatic carbocycles. The van der Waals surface area contributed by atoms with Gasteiger partial charge in [-0.2, -0.15) is 0 Å². The summed E-state index contributed by atoms with van der Waals surface area (Å²) in [7, 11) is -3.11. The predicted octanol–water partition coefficient (Wildman–Crippen LogP) is 1.24. The maximum absolute atomic E-state index is 12.2. The van der Waals surface area contributed by atoms with Gasteiger partial charge in [0.15, 0.2) is 0 Å². The van der Waals surface area contributed by atoms with E-state index in [1.165, 1.54) is 0 Å². The normalized spacial score (nSPS) is 35.7. The monoisotopic (exact) mass is 260 g/mol. The molecule has 4 nitrogen and oxygen atoms in total. The maximum Gasteiger partial charge on any atom is 0.215 e. The molecule has 0 amide bonds. The summed E-state index contributed by atoms with van der Waals surface area (Å²) in [5, 5.41) is 2.94. The van der Waals surface area contributed by atoms with Crippen LogP contribution >= 0.6 is 0 Å². The molecule has 1 aliphatic heterocycles. The Hall–Kier alpha value is -0.130. The lowest BCUT2D eigenvalue weighted by molar-refractivity contribution is 0.330. The summed E-state index contributed by atoms with van der Waals surface area (Å²) in [5.41, 5.74) is 0. The molecule has 2 N–H and O–H groups in total. The van der Waals surface area contributed by atoms with Gasteiger partial charge in [0.05, 0.1) is 5.25 Å². The summed E-state index contributed by atoms with van der Waals surface area (Å²) in [6, 6.07) is 0.179. The summed E-state index contributed by atoms with van der Waals surface area (Å²) in [5.74, 6) is 0.757. The Morgan fingerprint density at radius 2 is 1.82 bits per heavy atom. The molecule has 0 aromatic carbocycles.